The molecule has 2 fully saturated rings. The Hall–Kier alpha value is -2.49. The number of primary amides is 1. The van der Waals surface area contributed by atoms with Gasteiger partial charge in [0.25, 0.3) is 0 Å². The first-order valence-electron chi connectivity index (χ1n) is 19.0. The lowest BCUT2D eigenvalue weighted by Gasteiger charge is -2.50. The number of ether oxygens (including phenoxy) is 4. The largest absolute Gasteiger partial charge is 0.469 e. The van der Waals surface area contributed by atoms with E-state index in [9.17, 15) is 29.4 Å². The highest BCUT2D eigenvalue weighted by Crippen LogP contribution is 2.59. The zero-order valence-electron chi connectivity index (χ0n) is 34.3. The van der Waals surface area contributed by atoms with Gasteiger partial charge in [-0.05, 0) is 46.1 Å². The van der Waals surface area contributed by atoms with Crippen LogP contribution in [-0.2, 0) is 32.8 Å². The maximum absolute atomic E-state index is 12.5. The lowest BCUT2D eigenvalue weighted by atomic mass is 9.72. The number of methoxy groups -OCH3 is 2. The van der Waals surface area contributed by atoms with Gasteiger partial charge in [0.05, 0.1) is 30.5 Å². The van der Waals surface area contributed by atoms with Gasteiger partial charge in [0, 0.05) is 63.2 Å². The third kappa shape index (κ3) is 12.3. The molecule has 1 aromatic heterocycles. The fourth-order valence-corrected chi connectivity index (χ4v) is 8.41. The summed E-state index contributed by atoms with van der Waals surface area (Å²) in [7, 11) is -2.01. The number of aromatic nitrogens is 1. The van der Waals surface area contributed by atoms with Gasteiger partial charge in [0.1, 0.15) is 24.2 Å². The predicted molar refractivity (Wildman–Crippen MR) is 208 cm³/mol. The fourth-order valence-electron chi connectivity index (χ4n) is 7.73. The van der Waals surface area contributed by atoms with E-state index in [0.29, 0.717) is 24.4 Å². The number of aryl methyl sites for hydroxylation is 1. The van der Waals surface area contributed by atoms with Crippen LogP contribution in [0.1, 0.15) is 99.1 Å². The second-order valence-electron chi connectivity index (χ2n) is 16.0. The smallest absolute Gasteiger partial charge is 0.449 e. The molecule has 6 unspecified atom stereocenters. The Balaban J connectivity index is 1.83. The fraction of sp³-hybridized carbons (Fsp3) is 0.700. The zero-order valence-corrected chi connectivity index (χ0v) is 35.2. The molecular weight excluding hydrogens is 731 g/mol. The molecule has 0 aliphatic carbocycles. The highest BCUT2D eigenvalue weighted by molar-refractivity contribution is 7.46. The summed E-state index contributed by atoms with van der Waals surface area (Å²) >= 11 is 0. The molecule has 0 aromatic carbocycles. The first-order valence-corrected chi connectivity index (χ1v) is 20.5. The van der Waals surface area contributed by atoms with Crippen LogP contribution >= 0.6 is 7.82 Å². The molecule has 2 saturated heterocycles. The Morgan fingerprint density at radius 1 is 1.15 bits per heavy atom. The van der Waals surface area contributed by atoms with Crippen LogP contribution in [0.3, 0.4) is 0 Å². The molecule has 55 heavy (non-hydrogen) atoms. The monoisotopic (exact) mass is 796 g/mol. The van der Waals surface area contributed by atoms with Crippen LogP contribution in [0.15, 0.2) is 51.7 Å². The van der Waals surface area contributed by atoms with Gasteiger partial charge in [0.15, 0.2) is 11.7 Å². The van der Waals surface area contributed by atoms with E-state index in [-0.39, 0.29) is 30.8 Å². The Kier molecular flexibility index (Phi) is 16.9. The molecule has 312 valence electrons. The Bertz CT molecular complexity index is 1600. The van der Waals surface area contributed by atoms with Crippen LogP contribution in [0.25, 0.3) is 6.08 Å². The second kappa shape index (κ2) is 19.8. The average molecular weight is 797 g/mol. The van der Waals surface area contributed by atoms with Crippen LogP contribution < -0.4 is 5.73 Å². The minimum Gasteiger partial charge on any atom is -0.449 e. The number of phosphoric ester groups is 1. The summed E-state index contributed by atoms with van der Waals surface area (Å²) in [6.45, 7) is 16.8. The minimum atomic E-state index is -5.06. The van der Waals surface area contributed by atoms with Crippen LogP contribution in [0, 0.1) is 30.1 Å². The number of rotatable bonds is 19. The van der Waals surface area contributed by atoms with Crippen molar-refractivity contribution in [2.45, 2.75) is 143 Å². The number of nitrogens with zero attached hydrogens (tertiary/aromatic N) is 1. The average Bonchev–Trinajstić information content (AvgIpc) is 3.59. The lowest BCUT2D eigenvalue weighted by Crippen LogP contribution is -2.58. The standard InChI is InChI=1S/C40H65N2O12P/c1-23(18-35(41)44)14-12-15-24(2)25(3)19-26(4)36(45)27(5)31(43)20-33(49-10)37-38(54-55(46,47)48)39(8,9)40(53-37)21-34(50-11)28(6)32(52-40)17-13-16-30-22-51-29(7)42-30/h13,15-16,18-19,22,26-28,31-34,36-38,43,45H,12,14,17,20-21H2,1-11H3,(H2,41,44)(H2,46,47,48)/b16-13+,23-18-,24-15+,25-19+/t26?,27?,28-,31?,32+,33?,34+,36?,37-,38?,40-/m1/s1. The molecule has 0 bridgehead atoms. The van der Waals surface area contributed by atoms with Crippen molar-refractivity contribution in [3.8, 4) is 0 Å². The van der Waals surface area contributed by atoms with E-state index < -0.39 is 67.5 Å². The van der Waals surface area contributed by atoms with Crippen molar-refractivity contribution in [3.63, 3.8) is 0 Å². The van der Waals surface area contributed by atoms with Crippen LogP contribution in [0.5, 0.6) is 0 Å². The molecule has 0 radical (unpaired) electrons. The van der Waals surface area contributed by atoms with Crippen molar-refractivity contribution in [2.75, 3.05) is 14.2 Å². The second-order valence-corrected chi connectivity index (χ2v) is 17.1. The molecule has 6 N–H and O–H groups in total. The number of oxazole rings is 1. The molecule has 1 amide bonds. The molecular formula is C40H65N2O12P. The SMILES string of the molecule is COC(CC(O)C(C)C(O)C(C)/C=C(C)/C(C)=C/CC/C(C)=C\C(N)=O)[C@H]1O[C@]2(C[C@H](OC)[C@H](C)[C@H](C/C=C/c3coc(C)n3)O2)C(C)(C)C1OP(=O)(O)O. The van der Waals surface area contributed by atoms with E-state index in [1.807, 2.05) is 52.8 Å². The third-order valence-corrected chi connectivity index (χ3v) is 12.0. The van der Waals surface area contributed by atoms with Crippen molar-refractivity contribution in [3.05, 3.63) is 58.9 Å². The van der Waals surface area contributed by atoms with Gasteiger partial charge in [-0.2, -0.15) is 0 Å². The highest BCUT2D eigenvalue weighted by Gasteiger charge is 2.68. The van der Waals surface area contributed by atoms with Crippen molar-refractivity contribution < 1.29 is 57.2 Å². The molecule has 15 heteroatoms. The molecule has 3 rings (SSSR count). The molecule has 14 nitrogen and oxygen atoms in total. The van der Waals surface area contributed by atoms with Crippen LogP contribution in [0.2, 0.25) is 0 Å². The summed E-state index contributed by atoms with van der Waals surface area (Å²) in [5, 5.41) is 22.9. The van der Waals surface area contributed by atoms with Gasteiger partial charge >= 0.3 is 7.82 Å². The quantitative estimate of drug-likeness (QED) is 0.0625. The highest BCUT2D eigenvalue weighted by atomic mass is 31.2. The summed E-state index contributed by atoms with van der Waals surface area (Å²) in [4.78, 5) is 35.6. The lowest BCUT2D eigenvalue weighted by molar-refractivity contribution is -0.336. The van der Waals surface area contributed by atoms with Crippen molar-refractivity contribution >= 4 is 19.8 Å². The van der Waals surface area contributed by atoms with E-state index in [1.165, 1.54) is 13.2 Å². The van der Waals surface area contributed by atoms with E-state index in [1.54, 1.807) is 41.1 Å². The maximum Gasteiger partial charge on any atom is 0.469 e. The summed E-state index contributed by atoms with van der Waals surface area (Å²) in [5.41, 5.74) is 7.66. The number of aliphatic hydroxyl groups excluding tert-OH is 2. The summed E-state index contributed by atoms with van der Waals surface area (Å²) in [5.74, 6) is -2.37. The number of nitrogens with two attached hydrogens (primary N) is 1. The number of carbonyl (C=O) groups excluding carboxylic acids is 1. The van der Waals surface area contributed by atoms with Crippen molar-refractivity contribution in [1.82, 2.24) is 4.98 Å². The minimum absolute atomic E-state index is 0.0352. The molecule has 1 spiro atoms. The van der Waals surface area contributed by atoms with E-state index in [2.05, 4.69) is 11.1 Å². The van der Waals surface area contributed by atoms with E-state index >= 15 is 0 Å². The Morgan fingerprint density at radius 2 is 1.82 bits per heavy atom. The number of allylic oxidation sites excluding steroid dienone is 4. The van der Waals surface area contributed by atoms with Crippen LogP contribution in [-0.4, -0.2) is 93.6 Å². The van der Waals surface area contributed by atoms with E-state index in [0.717, 1.165) is 23.1 Å². The summed E-state index contributed by atoms with van der Waals surface area (Å²) < 4.78 is 48.7. The molecule has 11 atom stereocenters. The summed E-state index contributed by atoms with van der Waals surface area (Å²) in [6, 6.07) is 0. The predicted octanol–water partition coefficient (Wildman–Crippen LogP) is 5.93. The number of phosphoric acid groups is 1. The zero-order chi connectivity index (χ0) is 41.5. The van der Waals surface area contributed by atoms with Gasteiger partial charge in [0.2, 0.25) is 5.91 Å². The first-order chi connectivity index (χ1) is 25.5. The van der Waals surface area contributed by atoms with Crippen molar-refractivity contribution in [2.24, 2.45) is 28.9 Å². The molecule has 2 aliphatic rings. The Morgan fingerprint density at radius 3 is 2.38 bits per heavy atom. The molecule has 2 aliphatic heterocycles. The number of aliphatic hydroxyl groups is 2. The molecule has 3 heterocycles. The van der Waals surface area contributed by atoms with Crippen molar-refractivity contribution in [1.29, 1.82) is 0 Å². The van der Waals surface area contributed by atoms with E-state index in [4.69, 9.17) is 33.6 Å². The molecule has 0 saturated carbocycles. The topological polar surface area (TPSA) is 213 Å². The Labute approximate surface area is 326 Å². The van der Waals surface area contributed by atoms with Gasteiger partial charge in [-0.25, -0.2) is 9.55 Å². The third-order valence-electron chi connectivity index (χ3n) is 11.5. The number of amides is 1. The number of hydrogen-bond acceptors (Lipinski definition) is 11. The number of hydrogen-bond donors (Lipinski definition) is 5. The first kappa shape index (κ1) is 46.9. The van der Waals surface area contributed by atoms with Gasteiger partial charge in [-0.15, -0.1) is 0 Å². The summed E-state index contributed by atoms with van der Waals surface area (Å²) in [6.07, 6.45) is 6.85. The maximum atomic E-state index is 12.5. The van der Waals surface area contributed by atoms with Gasteiger partial charge in [-0.3, -0.25) is 9.32 Å². The number of carbonyl (C=O) groups is 1. The molecule has 1 aromatic rings. The normalized spacial score (nSPS) is 29.4. The van der Waals surface area contributed by atoms with Gasteiger partial charge < -0.3 is 49.1 Å². The van der Waals surface area contributed by atoms with Crippen LogP contribution in [0.4, 0.5) is 0 Å². The van der Waals surface area contributed by atoms with Gasteiger partial charge in [-0.1, -0.05) is 69.6 Å².